The van der Waals surface area contributed by atoms with Crippen molar-refractivity contribution in [3.8, 4) is 11.3 Å². The Balaban J connectivity index is 1.56. The Labute approximate surface area is 202 Å². The van der Waals surface area contributed by atoms with Gasteiger partial charge in [0.25, 0.3) is 0 Å². The van der Waals surface area contributed by atoms with Crippen molar-refractivity contribution in [2.75, 3.05) is 19.0 Å². The minimum atomic E-state index is -4.58. The van der Waals surface area contributed by atoms with E-state index in [1.54, 1.807) is 37.4 Å². The average molecular weight is 484 g/mol. The Bertz CT molecular complexity index is 1120. The summed E-state index contributed by atoms with van der Waals surface area (Å²) in [7, 11) is 1.67. The highest BCUT2D eigenvalue weighted by molar-refractivity contribution is 5.93. The van der Waals surface area contributed by atoms with Gasteiger partial charge in [0.2, 0.25) is 0 Å². The molecule has 184 valence electrons. The van der Waals surface area contributed by atoms with Crippen LogP contribution in [-0.4, -0.2) is 30.8 Å². The number of aromatic nitrogens is 1. The lowest BCUT2D eigenvalue weighted by atomic mass is 9.93. The largest absolute Gasteiger partial charge is 0.417 e. The second kappa shape index (κ2) is 10.9. The molecule has 4 rings (SSSR count). The first kappa shape index (κ1) is 24.7. The molecule has 3 atom stereocenters. The molecule has 8 heteroatoms. The minimum absolute atomic E-state index is 0.00807. The van der Waals surface area contributed by atoms with Crippen molar-refractivity contribution in [2.45, 2.75) is 37.4 Å². The fraction of sp³-hybridized carbons (Fsp3) is 0.333. The van der Waals surface area contributed by atoms with E-state index in [1.807, 2.05) is 30.3 Å². The number of rotatable bonds is 7. The SMILES string of the molecule is COCC[C@@H]1C[C@@H](NC(=O)Nc2cc(C(F)(F)F)cnc2-c2ccccc2)[C@H](c2ccccc2)C1. The molecule has 1 fully saturated rings. The maximum atomic E-state index is 13.4. The average Bonchev–Trinajstić information content (AvgIpc) is 3.25. The van der Waals surface area contributed by atoms with E-state index in [0.29, 0.717) is 18.1 Å². The van der Waals surface area contributed by atoms with Crippen LogP contribution in [0.5, 0.6) is 0 Å². The molecule has 35 heavy (non-hydrogen) atoms. The molecule has 1 aromatic heterocycles. The van der Waals surface area contributed by atoms with E-state index in [-0.39, 0.29) is 23.3 Å². The van der Waals surface area contributed by atoms with Crippen LogP contribution in [-0.2, 0) is 10.9 Å². The van der Waals surface area contributed by atoms with E-state index in [9.17, 15) is 18.0 Å². The van der Waals surface area contributed by atoms with E-state index in [2.05, 4.69) is 15.6 Å². The van der Waals surface area contributed by atoms with Crippen molar-refractivity contribution in [3.63, 3.8) is 0 Å². The lowest BCUT2D eigenvalue weighted by molar-refractivity contribution is -0.137. The van der Waals surface area contributed by atoms with Crippen LogP contribution in [0.15, 0.2) is 72.9 Å². The monoisotopic (exact) mass is 483 g/mol. The van der Waals surface area contributed by atoms with Crippen LogP contribution >= 0.6 is 0 Å². The van der Waals surface area contributed by atoms with Gasteiger partial charge in [-0.05, 0) is 36.8 Å². The molecule has 1 aliphatic carbocycles. The number of hydrogen-bond acceptors (Lipinski definition) is 3. The second-order valence-electron chi connectivity index (χ2n) is 8.82. The predicted octanol–water partition coefficient (Wildman–Crippen LogP) is 6.49. The summed E-state index contributed by atoms with van der Waals surface area (Å²) in [5.74, 6) is 0.484. The summed E-state index contributed by atoms with van der Waals surface area (Å²) >= 11 is 0. The van der Waals surface area contributed by atoms with Gasteiger partial charge in [0.1, 0.15) is 0 Å². The highest BCUT2D eigenvalue weighted by atomic mass is 19.4. The van der Waals surface area contributed by atoms with Crippen molar-refractivity contribution in [1.82, 2.24) is 10.3 Å². The van der Waals surface area contributed by atoms with E-state index in [1.165, 1.54) is 0 Å². The quantitative estimate of drug-likeness (QED) is 0.404. The third kappa shape index (κ3) is 6.19. The number of hydrogen-bond donors (Lipinski definition) is 2. The highest BCUT2D eigenvalue weighted by Crippen LogP contribution is 2.40. The molecule has 1 aliphatic rings. The van der Waals surface area contributed by atoms with E-state index >= 15 is 0 Å². The molecular formula is C27H28F3N3O2. The molecule has 0 saturated heterocycles. The van der Waals surface area contributed by atoms with Crippen molar-refractivity contribution in [1.29, 1.82) is 0 Å². The molecule has 0 aliphatic heterocycles. The lowest BCUT2D eigenvalue weighted by Gasteiger charge is -2.22. The van der Waals surface area contributed by atoms with Gasteiger partial charge in [0.15, 0.2) is 0 Å². The number of ether oxygens (including phenoxy) is 1. The van der Waals surface area contributed by atoms with Gasteiger partial charge in [-0.25, -0.2) is 4.79 Å². The molecule has 0 bridgehead atoms. The zero-order chi connectivity index (χ0) is 24.8. The molecule has 0 radical (unpaired) electrons. The first-order valence-electron chi connectivity index (χ1n) is 11.6. The highest BCUT2D eigenvalue weighted by Gasteiger charge is 2.36. The van der Waals surface area contributed by atoms with Gasteiger partial charge in [-0.2, -0.15) is 13.2 Å². The predicted molar refractivity (Wildman–Crippen MR) is 129 cm³/mol. The van der Waals surface area contributed by atoms with Gasteiger partial charge < -0.3 is 15.4 Å². The Morgan fingerprint density at radius 2 is 1.74 bits per heavy atom. The van der Waals surface area contributed by atoms with Crippen molar-refractivity contribution < 1.29 is 22.7 Å². The Morgan fingerprint density at radius 3 is 2.40 bits per heavy atom. The van der Waals surface area contributed by atoms with Gasteiger partial charge in [-0.3, -0.25) is 4.98 Å². The number of carbonyl (C=O) groups is 1. The van der Waals surface area contributed by atoms with Gasteiger partial charge in [-0.15, -0.1) is 0 Å². The molecule has 5 nitrogen and oxygen atoms in total. The second-order valence-corrected chi connectivity index (χ2v) is 8.82. The standard InChI is InChI=1S/C27H28F3N3O2/c1-35-13-12-18-14-22(19-8-4-2-5-9-19)23(15-18)32-26(34)33-24-16-21(27(28,29)30)17-31-25(24)20-10-6-3-7-11-20/h2-11,16-18,22-23H,12-15H2,1H3,(H2,32,33,34)/t18-,22-,23+/m0/s1. The third-order valence-electron chi connectivity index (χ3n) is 6.45. The zero-order valence-corrected chi connectivity index (χ0v) is 19.4. The molecule has 3 aromatic rings. The molecule has 1 heterocycles. The summed E-state index contributed by atoms with van der Waals surface area (Å²) in [6, 6.07) is 19.0. The topological polar surface area (TPSA) is 63.2 Å². The summed E-state index contributed by atoms with van der Waals surface area (Å²) in [6.45, 7) is 0.640. The number of nitrogens with one attached hydrogen (secondary N) is 2. The minimum Gasteiger partial charge on any atom is -0.385 e. The fourth-order valence-corrected chi connectivity index (χ4v) is 4.76. The van der Waals surface area contributed by atoms with Crippen molar-refractivity contribution >= 4 is 11.7 Å². The molecule has 2 amide bonds. The van der Waals surface area contributed by atoms with Crippen LogP contribution in [0.4, 0.5) is 23.7 Å². The Morgan fingerprint density at radius 1 is 1.06 bits per heavy atom. The van der Waals surface area contributed by atoms with Crippen molar-refractivity contribution in [2.24, 2.45) is 5.92 Å². The maximum Gasteiger partial charge on any atom is 0.417 e. The molecule has 1 saturated carbocycles. The van der Waals surface area contributed by atoms with Gasteiger partial charge in [-0.1, -0.05) is 60.7 Å². The van der Waals surface area contributed by atoms with Gasteiger partial charge in [0.05, 0.1) is 16.9 Å². The summed E-state index contributed by atoms with van der Waals surface area (Å²) < 4.78 is 45.4. The summed E-state index contributed by atoms with van der Waals surface area (Å²) in [4.78, 5) is 17.1. The van der Waals surface area contributed by atoms with E-state index in [4.69, 9.17) is 4.74 Å². The van der Waals surface area contributed by atoms with Crippen LogP contribution < -0.4 is 10.6 Å². The number of alkyl halides is 3. The number of methoxy groups -OCH3 is 1. The smallest absolute Gasteiger partial charge is 0.385 e. The molecular weight excluding hydrogens is 455 g/mol. The first-order chi connectivity index (χ1) is 16.8. The first-order valence-corrected chi connectivity index (χ1v) is 11.6. The summed E-state index contributed by atoms with van der Waals surface area (Å²) in [6.07, 6.45) is -1.24. The van der Waals surface area contributed by atoms with Crippen LogP contribution in [0, 0.1) is 5.92 Å². The van der Waals surface area contributed by atoms with Crippen LogP contribution in [0.1, 0.15) is 36.3 Å². The summed E-state index contributed by atoms with van der Waals surface area (Å²) in [5.41, 5.74) is 1.10. The number of urea groups is 1. The molecule has 2 N–H and O–H groups in total. The number of pyridine rings is 1. The normalized spacial score (nSPS) is 19.9. The fourth-order valence-electron chi connectivity index (χ4n) is 4.76. The van der Waals surface area contributed by atoms with Crippen LogP contribution in [0.3, 0.4) is 0 Å². The number of anilines is 1. The number of nitrogens with zero attached hydrogens (tertiary/aromatic N) is 1. The number of carbonyl (C=O) groups excluding carboxylic acids is 1. The number of halogens is 3. The van der Waals surface area contributed by atoms with Gasteiger partial charge >= 0.3 is 12.2 Å². The maximum absolute atomic E-state index is 13.4. The third-order valence-corrected chi connectivity index (χ3v) is 6.45. The summed E-state index contributed by atoms with van der Waals surface area (Å²) in [5, 5.41) is 5.66. The molecule has 0 unspecified atom stereocenters. The molecule has 2 aromatic carbocycles. The van der Waals surface area contributed by atoms with Gasteiger partial charge in [0, 0.05) is 37.4 Å². The Hall–Kier alpha value is -3.39. The number of amides is 2. The van der Waals surface area contributed by atoms with E-state index in [0.717, 1.165) is 37.1 Å². The number of benzene rings is 2. The van der Waals surface area contributed by atoms with Crippen LogP contribution in [0.2, 0.25) is 0 Å². The van der Waals surface area contributed by atoms with Crippen molar-refractivity contribution in [3.05, 3.63) is 84.1 Å². The van der Waals surface area contributed by atoms with Crippen LogP contribution in [0.25, 0.3) is 11.3 Å². The Kier molecular flexibility index (Phi) is 7.70. The van der Waals surface area contributed by atoms with E-state index < -0.39 is 17.8 Å². The zero-order valence-electron chi connectivity index (χ0n) is 19.4. The molecule has 0 spiro atoms. The lowest BCUT2D eigenvalue weighted by Crippen LogP contribution is -2.39.